The second-order valence-corrected chi connectivity index (χ2v) is 4.26. The summed E-state index contributed by atoms with van der Waals surface area (Å²) in [6.45, 7) is 4.90. The van der Waals surface area contributed by atoms with Crippen molar-refractivity contribution in [2.75, 3.05) is 12.3 Å². The number of pyridine rings is 1. The molecule has 2 rings (SSSR count). The van der Waals surface area contributed by atoms with E-state index in [4.69, 9.17) is 5.73 Å². The lowest BCUT2D eigenvalue weighted by Gasteiger charge is -2.12. The molecule has 0 atom stereocenters. The van der Waals surface area contributed by atoms with Crippen LogP contribution in [-0.2, 0) is 6.54 Å². The SMILES string of the molecule is CCNC(=O)c1cn(CC)c2cccc(N)c2c1=O. The van der Waals surface area contributed by atoms with Crippen molar-refractivity contribution in [3.05, 3.63) is 40.2 Å². The highest BCUT2D eigenvalue weighted by atomic mass is 16.2. The third-order valence-corrected chi connectivity index (χ3v) is 3.06. The van der Waals surface area contributed by atoms with Gasteiger partial charge in [0.05, 0.1) is 10.9 Å². The zero-order valence-corrected chi connectivity index (χ0v) is 11.1. The maximum absolute atomic E-state index is 12.4. The molecule has 0 saturated carbocycles. The van der Waals surface area contributed by atoms with Crippen LogP contribution in [0.2, 0.25) is 0 Å². The molecule has 1 amide bonds. The van der Waals surface area contributed by atoms with Crippen LogP contribution in [0.15, 0.2) is 29.2 Å². The lowest BCUT2D eigenvalue weighted by Crippen LogP contribution is -2.29. The van der Waals surface area contributed by atoms with Crippen LogP contribution in [0.4, 0.5) is 5.69 Å². The monoisotopic (exact) mass is 259 g/mol. The molecule has 1 aromatic heterocycles. The van der Waals surface area contributed by atoms with Crippen LogP contribution in [0.1, 0.15) is 24.2 Å². The van der Waals surface area contributed by atoms with Crippen LogP contribution in [0.5, 0.6) is 0 Å². The Balaban J connectivity index is 2.82. The van der Waals surface area contributed by atoms with E-state index in [0.29, 0.717) is 24.2 Å². The third-order valence-electron chi connectivity index (χ3n) is 3.06. The molecule has 0 spiro atoms. The highest BCUT2D eigenvalue weighted by Gasteiger charge is 2.15. The Morgan fingerprint density at radius 3 is 2.74 bits per heavy atom. The van der Waals surface area contributed by atoms with Gasteiger partial charge in [-0.2, -0.15) is 0 Å². The summed E-state index contributed by atoms with van der Waals surface area (Å²) in [7, 11) is 0. The summed E-state index contributed by atoms with van der Waals surface area (Å²) in [6, 6.07) is 5.30. The van der Waals surface area contributed by atoms with Gasteiger partial charge in [0.15, 0.2) is 0 Å². The van der Waals surface area contributed by atoms with Gasteiger partial charge in [0, 0.05) is 25.0 Å². The van der Waals surface area contributed by atoms with E-state index in [0.717, 1.165) is 5.52 Å². The van der Waals surface area contributed by atoms with Gasteiger partial charge in [-0.15, -0.1) is 0 Å². The van der Waals surface area contributed by atoms with E-state index < -0.39 is 0 Å². The van der Waals surface area contributed by atoms with E-state index in [1.807, 2.05) is 24.5 Å². The number of benzene rings is 1. The van der Waals surface area contributed by atoms with Crippen molar-refractivity contribution >= 4 is 22.5 Å². The number of carbonyl (C=O) groups excluding carboxylic acids is 1. The number of hydrogen-bond acceptors (Lipinski definition) is 3. The summed E-state index contributed by atoms with van der Waals surface area (Å²) in [4.78, 5) is 24.3. The number of hydrogen-bond donors (Lipinski definition) is 2. The summed E-state index contributed by atoms with van der Waals surface area (Å²) in [6.07, 6.45) is 1.59. The number of nitrogens with one attached hydrogen (secondary N) is 1. The van der Waals surface area contributed by atoms with Crippen LogP contribution in [0, 0.1) is 0 Å². The number of carbonyl (C=O) groups is 1. The van der Waals surface area contributed by atoms with Crippen molar-refractivity contribution in [1.82, 2.24) is 9.88 Å². The van der Waals surface area contributed by atoms with Crippen LogP contribution >= 0.6 is 0 Å². The molecule has 2 aromatic rings. The Morgan fingerprint density at radius 2 is 2.11 bits per heavy atom. The summed E-state index contributed by atoms with van der Waals surface area (Å²) >= 11 is 0. The van der Waals surface area contributed by atoms with Gasteiger partial charge in [0.1, 0.15) is 5.56 Å². The molecular weight excluding hydrogens is 242 g/mol. The minimum Gasteiger partial charge on any atom is -0.398 e. The molecule has 1 heterocycles. The Labute approximate surface area is 111 Å². The summed E-state index contributed by atoms with van der Waals surface area (Å²) in [5.74, 6) is -0.361. The molecule has 0 bridgehead atoms. The molecule has 0 unspecified atom stereocenters. The van der Waals surface area contributed by atoms with Crippen molar-refractivity contribution in [3.8, 4) is 0 Å². The maximum Gasteiger partial charge on any atom is 0.256 e. The lowest BCUT2D eigenvalue weighted by molar-refractivity contribution is 0.0954. The largest absolute Gasteiger partial charge is 0.398 e. The van der Waals surface area contributed by atoms with E-state index >= 15 is 0 Å². The molecule has 0 aliphatic heterocycles. The van der Waals surface area contributed by atoms with Crippen molar-refractivity contribution in [3.63, 3.8) is 0 Å². The average molecular weight is 259 g/mol. The average Bonchev–Trinajstić information content (AvgIpc) is 2.39. The van der Waals surface area contributed by atoms with Crippen LogP contribution in [0.25, 0.3) is 10.9 Å². The normalized spacial score (nSPS) is 10.6. The van der Waals surface area contributed by atoms with Gasteiger partial charge in [-0.1, -0.05) is 6.07 Å². The number of aryl methyl sites for hydroxylation is 1. The number of nitrogen functional groups attached to an aromatic ring is 1. The standard InChI is InChI=1S/C14H17N3O2/c1-3-16-14(19)9-8-17(4-2)11-7-5-6-10(15)12(11)13(9)18/h5-8H,3-4,15H2,1-2H3,(H,16,19). The van der Waals surface area contributed by atoms with Crippen molar-refractivity contribution in [2.24, 2.45) is 0 Å². The number of amides is 1. The van der Waals surface area contributed by atoms with E-state index in [2.05, 4.69) is 5.32 Å². The van der Waals surface area contributed by atoms with E-state index in [9.17, 15) is 9.59 Å². The minimum atomic E-state index is -0.361. The first-order valence-corrected chi connectivity index (χ1v) is 6.30. The summed E-state index contributed by atoms with van der Waals surface area (Å²) in [5, 5.41) is 3.06. The number of fused-ring (bicyclic) bond motifs is 1. The number of nitrogens with zero attached hydrogens (tertiary/aromatic N) is 1. The number of rotatable bonds is 3. The highest BCUT2D eigenvalue weighted by Crippen LogP contribution is 2.18. The topological polar surface area (TPSA) is 77.1 Å². The van der Waals surface area contributed by atoms with Crippen molar-refractivity contribution < 1.29 is 4.79 Å². The first-order chi connectivity index (χ1) is 9.10. The molecule has 1 aromatic carbocycles. The first kappa shape index (κ1) is 13.1. The fourth-order valence-electron chi connectivity index (χ4n) is 2.14. The highest BCUT2D eigenvalue weighted by molar-refractivity contribution is 6.00. The van der Waals surface area contributed by atoms with Gasteiger partial charge in [-0.05, 0) is 26.0 Å². The Kier molecular flexibility index (Phi) is 3.55. The maximum atomic E-state index is 12.4. The number of aromatic nitrogens is 1. The molecule has 0 aliphatic rings. The van der Waals surface area contributed by atoms with Gasteiger partial charge in [-0.3, -0.25) is 9.59 Å². The smallest absolute Gasteiger partial charge is 0.256 e. The quantitative estimate of drug-likeness (QED) is 0.817. The van der Waals surface area contributed by atoms with Gasteiger partial charge < -0.3 is 15.6 Å². The minimum absolute atomic E-state index is 0.133. The molecule has 0 aliphatic carbocycles. The van der Waals surface area contributed by atoms with Gasteiger partial charge in [0.2, 0.25) is 5.43 Å². The second kappa shape index (κ2) is 5.14. The van der Waals surface area contributed by atoms with Gasteiger partial charge in [-0.25, -0.2) is 0 Å². The molecule has 0 fully saturated rings. The molecule has 0 saturated heterocycles. The Morgan fingerprint density at radius 1 is 1.37 bits per heavy atom. The summed E-state index contributed by atoms with van der Waals surface area (Å²) in [5.41, 5.74) is 6.85. The van der Waals surface area contributed by atoms with Gasteiger partial charge >= 0.3 is 0 Å². The molecule has 100 valence electrons. The molecular formula is C14H17N3O2. The molecule has 3 N–H and O–H groups in total. The summed E-state index contributed by atoms with van der Waals surface area (Å²) < 4.78 is 1.86. The van der Waals surface area contributed by atoms with E-state index in [-0.39, 0.29) is 16.9 Å². The third kappa shape index (κ3) is 2.19. The van der Waals surface area contributed by atoms with Gasteiger partial charge in [0.25, 0.3) is 5.91 Å². The van der Waals surface area contributed by atoms with Crippen LogP contribution in [0.3, 0.4) is 0 Å². The number of anilines is 1. The van der Waals surface area contributed by atoms with Crippen molar-refractivity contribution in [2.45, 2.75) is 20.4 Å². The Bertz CT molecular complexity index is 689. The van der Waals surface area contributed by atoms with E-state index in [1.165, 1.54) is 0 Å². The fraction of sp³-hybridized carbons (Fsp3) is 0.286. The Hall–Kier alpha value is -2.30. The molecule has 5 heteroatoms. The molecule has 5 nitrogen and oxygen atoms in total. The molecule has 0 radical (unpaired) electrons. The lowest BCUT2D eigenvalue weighted by atomic mass is 10.1. The van der Waals surface area contributed by atoms with Crippen LogP contribution in [-0.4, -0.2) is 17.0 Å². The predicted octanol–water partition coefficient (Wildman–Crippen LogP) is 1.35. The van der Waals surface area contributed by atoms with E-state index in [1.54, 1.807) is 18.3 Å². The number of nitrogens with two attached hydrogens (primary N) is 1. The first-order valence-electron chi connectivity index (χ1n) is 6.30. The predicted molar refractivity (Wildman–Crippen MR) is 76.3 cm³/mol. The molecule has 19 heavy (non-hydrogen) atoms. The fourth-order valence-corrected chi connectivity index (χ4v) is 2.14. The zero-order valence-electron chi connectivity index (χ0n) is 11.1. The van der Waals surface area contributed by atoms with Crippen LogP contribution < -0.4 is 16.5 Å². The van der Waals surface area contributed by atoms with Crippen molar-refractivity contribution in [1.29, 1.82) is 0 Å². The zero-order chi connectivity index (χ0) is 14.0. The second-order valence-electron chi connectivity index (χ2n) is 4.26.